The number of thioether (sulfide) groups is 1. The second-order valence-electron chi connectivity index (χ2n) is 4.54. The summed E-state index contributed by atoms with van der Waals surface area (Å²) in [7, 11) is 0. The first-order valence-electron chi connectivity index (χ1n) is 6.78. The van der Waals surface area contributed by atoms with Gasteiger partial charge in [-0.1, -0.05) is 55.5 Å². The Morgan fingerprint density at radius 3 is 2.37 bits per heavy atom. The van der Waals surface area contributed by atoms with E-state index in [1.54, 1.807) is 0 Å². The smallest absolute Gasteiger partial charge is 0.0587 e. The SMILES string of the molecule is CCCNC(c1ccccc1)c1ccccc1SC. The molecule has 0 aliphatic carbocycles. The zero-order chi connectivity index (χ0) is 13.5. The van der Waals surface area contributed by atoms with Gasteiger partial charge in [-0.25, -0.2) is 0 Å². The lowest BCUT2D eigenvalue weighted by molar-refractivity contribution is 0.592. The van der Waals surface area contributed by atoms with Crippen LogP contribution in [0.1, 0.15) is 30.5 Å². The molecule has 1 atom stereocenters. The molecule has 0 saturated heterocycles. The molecule has 19 heavy (non-hydrogen) atoms. The van der Waals surface area contributed by atoms with Crippen LogP contribution in [0.5, 0.6) is 0 Å². The van der Waals surface area contributed by atoms with Gasteiger partial charge in [-0.15, -0.1) is 11.8 Å². The molecule has 0 bridgehead atoms. The van der Waals surface area contributed by atoms with Crippen LogP contribution in [0.2, 0.25) is 0 Å². The van der Waals surface area contributed by atoms with Crippen LogP contribution in [-0.2, 0) is 0 Å². The number of hydrogen-bond acceptors (Lipinski definition) is 2. The summed E-state index contributed by atoms with van der Waals surface area (Å²) in [5.41, 5.74) is 2.70. The van der Waals surface area contributed by atoms with E-state index >= 15 is 0 Å². The first-order valence-corrected chi connectivity index (χ1v) is 8.00. The molecule has 0 fully saturated rings. The van der Waals surface area contributed by atoms with Crippen LogP contribution in [0.15, 0.2) is 59.5 Å². The molecular weight excluding hydrogens is 250 g/mol. The molecule has 1 N–H and O–H groups in total. The third kappa shape index (κ3) is 3.62. The van der Waals surface area contributed by atoms with E-state index in [0.29, 0.717) is 0 Å². The third-order valence-corrected chi connectivity index (χ3v) is 3.99. The fourth-order valence-electron chi connectivity index (χ4n) is 2.25. The topological polar surface area (TPSA) is 12.0 Å². The summed E-state index contributed by atoms with van der Waals surface area (Å²) in [5.74, 6) is 0. The first kappa shape index (κ1) is 14.2. The minimum atomic E-state index is 0.282. The van der Waals surface area contributed by atoms with Gasteiger partial charge in [-0.2, -0.15) is 0 Å². The van der Waals surface area contributed by atoms with E-state index < -0.39 is 0 Å². The second-order valence-corrected chi connectivity index (χ2v) is 5.39. The highest BCUT2D eigenvalue weighted by Crippen LogP contribution is 2.30. The van der Waals surface area contributed by atoms with Gasteiger partial charge in [-0.05, 0) is 36.4 Å². The van der Waals surface area contributed by atoms with E-state index in [0.717, 1.165) is 13.0 Å². The molecule has 0 aliphatic heterocycles. The minimum Gasteiger partial charge on any atom is -0.306 e. The Morgan fingerprint density at radius 2 is 1.68 bits per heavy atom. The summed E-state index contributed by atoms with van der Waals surface area (Å²) in [4.78, 5) is 1.35. The highest BCUT2D eigenvalue weighted by Gasteiger charge is 2.15. The maximum Gasteiger partial charge on any atom is 0.0587 e. The predicted octanol–water partition coefficient (Wildman–Crippen LogP) is 4.50. The minimum absolute atomic E-state index is 0.282. The molecule has 0 spiro atoms. The van der Waals surface area contributed by atoms with Crippen molar-refractivity contribution in [2.24, 2.45) is 0 Å². The molecule has 2 heteroatoms. The average molecular weight is 271 g/mol. The molecule has 0 heterocycles. The van der Waals surface area contributed by atoms with Crippen molar-refractivity contribution in [3.8, 4) is 0 Å². The summed E-state index contributed by atoms with van der Waals surface area (Å²) in [6, 6.07) is 19.6. The fraction of sp³-hybridized carbons (Fsp3) is 0.294. The van der Waals surface area contributed by atoms with Crippen LogP contribution in [0.4, 0.5) is 0 Å². The Balaban J connectivity index is 2.37. The summed E-state index contributed by atoms with van der Waals surface area (Å²) in [6.45, 7) is 3.23. The highest BCUT2D eigenvalue weighted by atomic mass is 32.2. The van der Waals surface area contributed by atoms with Crippen LogP contribution >= 0.6 is 11.8 Å². The lowest BCUT2D eigenvalue weighted by Gasteiger charge is -2.21. The Labute approximate surface area is 120 Å². The molecule has 100 valence electrons. The van der Waals surface area contributed by atoms with E-state index in [4.69, 9.17) is 0 Å². The van der Waals surface area contributed by atoms with Crippen LogP contribution < -0.4 is 5.32 Å². The highest BCUT2D eigenvalue weighted by molar-refractivity contribution is 7.98. The average Bonchev–Trinajstić information content (AvgIpc) is 2.49. The molecule has 0 aliphatic rings. The van der Waals surface area contributed by atoms with Gasteiger partial charge in [0.25, 0.3) is 0 Å². The molecule has 0 aromatic heterocycles. The lowest BCUT2D eigenvalue weighted by Crippen LogP contribution is -2.23. The van der Waals surface area contributed by atoms with Gasteiger partial charge >= 0.3 is 0 Å². The summed E-state index contributed by atoms with van der Waals surface area (Å²) in [5, 5.41) is 3.66. The molecule has 2 aromatic carbocycles. The van der Waals surface area contributed by atoms with E-state index in [1.165, 1.54) is 16.0 Å². The van der Waals surface area contributed by atoms with Crippen LogP contribution in [0.3, 0.4) is 0 Å². The Hall–Kier alpha value is -1.25. The van der Waals surface area contributed by atoms with Crippen molar-refractivity contribution in [1.82, 2.24) is 5.32 Å². The van der Waals surface area contributed by atoms with Gasteiger partial charge in [0.2, 0.25) is 0 Å². The number of benzene rings is 2. The zero-order valence-electron chi connectivity index (χ0n) is 11.6. The summed E-state index contributed by atoms with van der Waals surface area (Å²) < 4.78 is 0. The number of nitrogens with one attached hydrogen (secondary N) is 1. The molecule has 2 aromatic rings. The summed E-state index contributed by atoms with van der Waals surface area (Å²) >= 11 is 1.81. The predicted molar refractivity (Wildman–Crippen MR) is 84.8 cm³/mol. The van der Waals surface area contributed by atoms with E-state index in [2.05, 4.69) is 73.1 Å². The molecule has 0 radical (unpaired) electrons. The van der Waals surface area contributed by atoms with Gasteiger partial charge in [0, 0.05) is 4.90 Å². The largest absolute Gasteiger partial charge is 0.306 e. The molecule has 0 saturated carbocycles. The van der Waals surface area contributed by atoms with Crippen molar-refractivity contribution < 1.29 is 0 Å². The van der Waals surface area contributed by atoms with Crippen molar-refractivity contribution in [2.45, 2.75) is 24.3 Å². The normalized spacial score (nSPS) is 12.3. The van der Waals surface area contributed by atoms with Crippen molar-refractivity contribution in [1.29, 1.82) is 0 Å². The Bertz CT molecular complexity index is 496. The van der Waals surface area contributed by atoms with Gasteiger partial charge < -0.3 is 5.32 Å². The van der Waals surface area contributed by atoms with E-state index in [-0.39, 0.29) is 6.04 Å². The molecular formula is C17H21NS. The van der Waals surface area contributed by atoms with Crippen LogP contribution in [0.25, 0.3) is 0 Å². The number of rotatable bonds is 6. The van der Waals surface area contributed by atoms with Gasteiger partial charge in [0.15, 0.2) is 0 Å². The molecule has 1 nitrogen and oxygen atoms in total. The Kier molecular flexibility index (Phi) is 5.49. The second kappa shape index (κ2) is 7.37. The van der Waals surface area contributed by atoms with Crippen molar-refractivity contribution in [3.05, 3.63) is 65.7 Å². The van der Waals surface area contributed by atoms with Gasteiger partial charge in [0.05, 0.1) is 6.04 Å². The monoisotopic (exact) mass is 271 g/mol. The van der Waals surface area contributed by atoms with E-state index in [9.17, 15) is 0 Å². The standard InChI is InChI=1S/C17H21NS/c1-3-13-18-17(14-9-5-4-6-10-14)15-11-7-8-12-16(15)19-2/h4-12,17-18H,3,13H2,1-2H3. The van der Waals surface area contributed by atoms with Crippen LogP contribution in [0, 0.1) is 0 Å². The zero-order valence-corrected chi connectivity index (χ0v) is 12.4. The van der Waals surface area contributed by atoms with Crippen LogP contribution in [-0.4, -0.2) is 12.8 Å². The maximum absolute atomic E-state index is 3.66. The van der Waals surface area contributed by atoms with Gasteiger partial charge in [0.1, 0.15) is 0 Å². The van der Waals surface area contributed by atoms with Crippen molar-refractivity contribution in [2.75, 3.05) is 12.8 Å². The molecule has 1 unspecified atom stereocenters. The van der Waals surface area contributed by atoms with E-state index in [1.807, 2.05) is 11.8 Å². The third-order valence-electron chi connectivity index (χ3n) is 3.18. The first-order chi connectivity index (χ1) is 9.36. The van der Waals surface area contributed by atoms with Gasteiger partial charge in [-0.3, -0.25) is 0 Å². The maximum atomic E-state index is 3.66. The fourth-order valence-corrected chi connectivity index (χ4v) is 2.88. The quantitative estimate of drug-likeness (QED) is 0.776. The lowest BCUT2D eigenvalue weighted by atomic mass is 9.98. The van der Waals surface area contributed by atoms with Crippen molar-refractivity contribution in [3.63, 3.8) is 0 Å². The molecule has 2 rings (SSSR count). The molecule has 0 amide bonds. The van der Waals surface area contributed by atoms with Crippen molar-refractivity contribution >= 4 is 11.8 Å². The summed E-state index contributed by atoms with van der Waals surface area (Å²) in [6.07, 6.45) is 3.28. The Morgan fingerprint density at radius 1 is 1.00 bits per heavy atom. The number of hydrogen-bond donors (Lipinski definition) is 1.